The van der Waals surface area contributed by atoms with E-state index < -0.39 is 0 Å². The Kier molecular flexibility index (Phi) is 4.62. The smallest absolute Gasteiger partial charge is 0.239 e. The van der Waals surface area contributed by atoms with E-state index in [0.29, 0.717) is 18.2 Å². The monoisotopic (exact) mass is 254 g/mol. The van der Waals surface area contributed by atoms with Crippen LogP contribution in [0.25, 0.3) is 0 Å². The average Bonchev–Trinajstić information content (AvgIpc) is 2.79. The number of amides is 1. The van der Waals surface area contributed by atoms with Gasteiger partial charge in [0.2, 0.25) is 5.91 Å². The molecule has 4 heteroatoms. The normalized spacial score (nSPS) is 34.6. The van der Waals surface area contributed by atoms with Crippen molar-refractivity contribution in [2.24, 2.45) is 0 Å². The van der Waals surface area contributed by atoms with Crippen molar-refractivity contribution in [3.63, 3.8) is 0 Å². The maximum Gasteiger partial charge on any atom is 0.239 e. The van der Waals surface area contributed by atoms with Gasteiger partial charge in [-0.2, -0.15) is 0 Å². The molecule has 2 saturated heterocycles. The number of ether oxygens (including phenoxy) is 1. The summed E-state index contributed by atoms with van der Waals surface area (Å²) in [5.41, 5.74) is 0. The summed E-state index contributed by atoms with van der Waals surface area (Å²) in [6.07, 6.45) is 4.90. The van der Waals surface area contributed by atoms with Crippen LogP contribution in [0, 0.1) is 0 Å². The fourth-order valence-electron chi connectivity index (χ4n) is 3.18. The Morgan fingerprint density at radius 2 is 1.78 bits per heavy atom. The molecule has 104 valence electrons. The van der Waals surface area contributed by atoms with E-state index in [1.807, 2.05) is 11.8 Å². The van der Waals surface area contributed by atoms with Crippen LogP contribution in [0.3, 0.4) is 0 Å². The minimum atomic E-state index is -0.0643. The molecule has 0 radical (unpaired) electrons. The van der Waals surface area contributed by atoms with Crippen molar-refractivity contribution in [2.45, 2.75) is 70.7 Å². The highest BCUT2D eigenvalue weighted by Crippen LogP contribution is 2.20. The fraction of sp³-hybridized carbons (Fsp3) is 0.929. The lowest BCUT2D eigenvalue weighted by Gasteiger charge is -2.34. The van der Waals surface area contributed by atoms with Gasteiger partial charge in [-0.1, -0.05) is 0 Å². The van der Waals surface area contributed by atoms with Crippen LogP contribution in [0.15, 0.2) is 0 Å². The molecule has 0 aromatic heterocycles. The van der Waals surface area contributed by atoms with Crippen molar-refractivity contribution < 1.29 is 9.53 Å². The Morgan fingerprint density at radius 3 is 2.33 bits per heavy atom. The summed E-state index contributed by atoms with van der Waals surface area (Å²) in [5.74, 6) is 0.263. The molecule has 1 N–H and O–H groups in total. The molecule has 0 aromatic carbocycles. The zero-order valence-corrected chi connectivity index (χ0v) is 11.8. The largest absolute Gasteiger partial charge is 0.375 e. The van der Waals surface area contributed by atoms with Gasteiger partial charge in [0.05, 0.1) is 18.2 Å². The lowest BCUT2D eigenvalue weighted by atomic mass is 9.99. The lowest BCUT2D eigenvalue weighted by molar-refractivity contribution is -0.132. The molecule has 0 aliphatic carbocycles. The first-order valence-corrected chi connectivity index (χ1v) is 7.26. The van der Waals surface area contributed by atoms with Crippen LogP contribution in [-0.4, -0.2) is 48.2 Å². The van der Waals surface area contributed by atoms with Gasteiger partial charge in [0.25, 0.3) is 0 Å². The topological polar surface area (TPSA) is 41.6 Å². The number of nitrogens with one attached hydrogen (secondary N) is 1. The first kappa shape index (κ1) is 13.8. The third kappa shape index (κ3) is 3.45. The van der Waals surface area contributed by atoms with Crippen LogP contribution in [0.2, 0.25) is 0 Å². The Balaban J connectivity index is 1.82. The van der Waals surface area contributed by atoms with Gasteiger partial charge in [0, 0.05) is 19.1 Å². The summed E-state index contributed by atoms with van der Waals surface area (Å²) in [6.45, 7) is 8.08. The first-order chi connectivity index (χ1) is 8.56. The van der Waals surface area contributed by atoms with Gasteiger partial charge in [-0.05, 0) is 46.5 Å². The molecule has 2 fully saturated rings. The molecule has 2 rings (SSSR count). The van der Waals surface area contributed by atoms with Crippen LogP contribution in [-0.2, 0) is 9.53 Å². The molecule has 18 heavy (non-hydrogen) atoms. The minimum Gasteiger partial charge on any atom is -0.375 e. The van der Waals surface area contributed by atoms with E-state index in [4.69, 9.17) is 4.74 Å². The maximum absolute atomic E-state index is 12.2. The van der Waals surface area contributed by atoms with E-state index >= 15 is 0 Å². The summed E-state index contributed by atoms with van der Waals surface area (Å²) in [4.78, 5) is 14.2. The standard InChI is InChI=1S/C14H26N2O2/c1-10-8-13(9-11(2)18-10)15-12(3)14(17)16-6-4-5-7-16/h10-13,15H,4-9H2,1-3H3. The molecule has 1 amide bonds. The number of likely N-dealkylation sites (tertiary alicyclic amines) is 1. The molecular weight excluding hydrogens is 228 g/mol. The molecule has 0 saturated carbocycles. The minimum absolute atomic E-state index is 0.0643. The average molecular weight is 254 g/mol. The Labute approximate surface area is 110 Å². The highest BCUT2D eigenvalue weighted by atomic mass is 16.5. The van der Waals surface area contributed by atoms with E-state index in [-0.39, 0.29) is 11.9 Å². The van der Waals surface area contributed by atoms with Gasteiger partial charge in [-0.15, -0.1) is 0 Å². The predicted octanol–water partition coefficient (Wildman–Crippen LogP) is 1.54. The molecule has 0 bridgehead atoms. The van der Waals surface area contributed by atoms with Crippen molar-refractivity contribution in [2.75, 3.05) is 13.1 Å². The van der Waals surface area contributed by atoms with E-state index in [1.54, 1.807) is 0 Å². The van der Waals surface area contributed by atoms with Crippen molar-refractivity contribution in [3.05, 3.63) is 0 Å². The molecule has 2 heterocycles. The van der Waals surface area contributed by atoms with Crippen LogP contribution >= 0.6 is 0 Å². The van der Waals surface area contributed by atoms with Gasteiger partial charge in [-0.3, -0.25) is 4.79 Å². The van der Waals surface area contributed by atoms with Crippen molar-refractivity contribution >= 4 is 5.91 Å². The van der Waals surface area contributed by atoms with Crippen molar-refractivity contribution in [1.29, 1.82) is 0 Å². The van der Waals surface area contributed by atoms with Crippen LogP contribution in [0.1, 0.15) is 46.5 Å². The Hall–Kier alpha value is -0.610. The quantitative estimate of drug-likeness (QED) is 0.830. The van der Waals surface area contributed by atoms with E-state index in [2.05, 4.69) is 19.2 Å². The molecule has 4 nitrogen and oxygen atoms in total. The van der Waals surface area contributed by atoms with Crippen LogP contribution < -0.4 is 5.32 Å². The molecule has 0 spiro atoms. The van der Waals surface area contributed by atoms with Gasteiger partial charge in [0.15, 0.2) is 0 Å². The molecular formula is C14H26N2O2. The van der Waals surface area contributed by atoms with Gasteiger partial charge < -0.3 is 15.0 Å². The third-order valence-electron chi connectivity index (χ3n) is 3.97. The number of hydrogen-bond acceptors (Lipinski definition) is 3. The zero-order chi connectivity index (χ0) is 13.1. The summed E-state index contributed by atoms with van der Waals surface area (Å²) >= 11 is 0. The van der Waals surface area contributed by atoms with Crippen LogP contribution in [0.5, 0.6) is 0 Å². The molecule has 2 aliphatic heterocycles. The first-order valence-electron chi connectivity index (χ1n) is 7.26. The van der Waals surface area contributed by atoms with Gasteiger partial charge in [0.1, 0.15) is 0 Å². The fourth-order valence-corrected chi connectivity index (χ4v) is 3.18. The number of hydrogen-bond donors (Lipinski definition) is 1. The summed E-state index contributed by atoms with van der Waals surface area (Å²) in [7, 11) is 0. The SMILES string of the molecule is CC1CC(NC(C)C(=O)N2CCCC2)CC(C)O1. The van der Waals surface area contributed by atoms with E-state index in [1.165, 1.54) is 0 Å². The second kappa shape index (κ2) is 6.02. The highest BCUT2D eigenvalue weighted by Gasteiger charge is 2.29. The lowest BCUT2D eigenvalue weighted by Crippen LogP contribution is -2.50. The van der Waals surface area contributed by atoms with Crippen molar-refractivity contribution in [3.8, 4) is 0 Å². The number of carbonyl (C=O) groups excluding carboxylic acids is 1. The third-order valence-corrected chi connectivity index (χ3v) is 3.97. The number of nitrogens with zero attached hydrogens (tertiary/aromatic N) is 1. The number of carbonyl (C=O) groups is 1. The zero-order valence-electron chi connectivity index (χ0n) is 11.8. The van der Waals surface area contributed by atoms with E-state index in [0.717, 1.165) is 38.8 Å². The van der Waals surface area contributed by atoms with Crippen molar-refractivity contribution in [1.82, 2.24) is 10.2 Å². The number of rotatable bonds is 3. The van der Waals surface area contributed by atoms with Gasteiger partial charge in [-0.25, -0.2) is 0 Å². The Morgan fingerprint density at radius 1 is 1.22 bits per heavy atom. The Bertz CT molecular complexity index is 280. The summed E-state index contributed by atoms with van der Waals surface area (Å²) in [5, 5.41) is 3.49. The molecule has 3 unspecified atom stereocenters. The second-order valence-corrected chi connectivity index (χ2v) is 5.85. The predicted molar refractivity (Wildman–Crippen MR) is 71.4 cm³/mol. The highest BCUT2D eigenvalue weighted by molar-refractivity contribution is 5.81. The molecule has 3 atom stereocenters. The molecule has 2 aliphatic rings. The van der Waals surface area contributed by atoms with Crippen LogP contribution in [0.4, 0.5) is 0 Å². The second-order valence-electron chi connectivity index (χ2n) is 5.85. The van der Waals surface area contributed by atoms with E-state index in [9.17, 15) is 4.79 Å². The molecule has 0 aromatic rings. The van der Waals surface area contributed by atoms with Gasteiger partial charge >= 0.3 is 0 Å². The maximum atomic E-state index is 12.2. The summed E-state index contributed by atoms with van der Waals surface area (Å²) < 4.78 is 5.72. The summed E-state index contributed by atoms with van der Waals surface area (Å²) in [6, 6.07) is 0.343.